The van der Waals surface area contributed by atoms with Crippen LogP contribution in [-0.4, -0.2) is 41.4 Å². The Hall–Kier alpha value is -2.21. The first kappa shape index (κ1) is 18.6. The summed E-state index contributed by atoms with van der Waals surface area (Å²) in [5, 5.41) is 26.2. The fourth-order valence-corrected chi connectivity index (χ4v) is 3.54. The Morgan fingerprint density at radius 1 is 1.12 bits per heavy atom. The van der Waals surface area contributed by atoms with Crippen molar-refractivity contribution >= 4 is 5.91 Å². The molecule has 0 saturated carbocycles. The lowest BCUT2D eigenvalue weighted by atomic mass is 9.86. The van der Waals surface area contributed by atoms with E-state index in [1.165, 1.54) is 5.56 Å². The highest BCUT2D eigenvalue weighted by atomic mass is 16.3. The van der Waals surface area contributed by atoms with E-state index in [4.69, 9.17) is 0 Å². The van der Waals surface area contributed by atoms with Gasteiger partial charge in [0.1, 0.15) is 6.10 Å². The summed E-state index contributed by atoms with van der Waals surface area (Å²) >= 11 is 0. The summed E-state index contributed by atoms with van der Waals surface area (Å²) in [6.45, 7) is 0.444. The summed E-state index contributed by atoms with van der Waals surface area (Å²) in [6, 6.07) is 18.2. The SMILES string of the molecule is O=C(N[C@@H](CO)[C@@H](O)c1ccccc1)[C@@H]1C[C@@H](c2ccccc2)CCN1. The van der Waals surface area contributed by atoms with E-state index in [0.717, 1.165) is 13.0 Å². The van der Waals surface area contributed by atoms with Gasteiger partial charge in [0.25, 0.3) is 0 Å². The smallest absolute Gasteiger partial charge is 0.237 e. The van der Waals surface area contributed by atoms with Gasteiger partial charge in [-0.05, 0) is 36.4 Å². The van der Waals surface area contributed by atoms with Crippen LogP contribution in [0.25, 0.3) is 0 Å². The van der Waals surface area contributed by atoms with Gasteiger partial charge in [0.05, 0.1) is 18.7 Å². The Morgan fingerprint density at radius 2 is 1.77 bits per heavy atom. The molecule has 5 heteroatoms. The molecule has 1 amide bonds. The highest BCUT2D eigenvalue weighted by molar-refractivity contribution is 5.82. The summed E-state index contributed by atoms with van der Waals surface area (Å²) in [5.74, 6) is 0.152. The third-order valence-electron chi connectivity index (χ3n) is 5.04. The predicted molar refractivity (Wildman–Crippen MR) is 101 cm³/mol. The number of amides is 1. The van der Waals surface area contributed by atoms with E-state index in [2.05, 4.69) is 22.8 Å². The summed E-state index contributed by atoms with van der Waals surface area (Å²) in [7, 11) is 0. The molecule has 2 aromatic carbocycles. The number of carbonyl (C=O) groups is 1. The van der Waals surface area contributed by atoms with Crippen molar-refractivity contribution in [2.45, 2.75) is 36.9 Å². The Labute approximate surface area is 154 Å². The van der Waals surface area contributed by atoms with E-state index in [1.54, 1.807) is 12.1 Å². The summed E-state index contributed by atoms with van der Waals surface area (Å²) in [4.78, 5) is 12.7. The van der Waals surface area contributed by atoms with Crippen LogP contribution in [0.4, 0.5) is 0 Å². The molecule has 0 unspecified atom stereocenters. The number of hydrogen-bond donors (Lipinski definition) is 4. The summed E-state index contributed by atoms with van der Waals surface area (Å²) in [5.41, 5.74) is 1.92. The highest BCUT2D eigenvalue weighted by Crippen LogP contribution is 2.27. The van der Waals surface area contributed by atoms with E-state index < -0.39 is 12.1 Å². The van der Waals surface area contributed by atoms with Crippen molar-refractivity contribution in [3.8, 4) is 0 Å². The summed E-state index contributed by atoms with van der Waals surface area (Å²) in [6.07, 6.45) is 0.748. The average Bonchev–Trinajstić information content (AvgIpc) is 2.72. The van der Waals surface area contributed by atoms with Gasteiger partial charge in [-0.2, -0.15) is 0 Å². The van der Waals surface area contributed by atoms with E-state index in [-0.39, 0.29) is 18.6 Å². The van der Waals surface area contributed by atoms with Crippen LogP contribution in [0.15, 0.2) is 60.7 Å². The lowest BCUT2D eigenvalue weighted by Crippen LogP contribution is -2.53. The zero-order valence-electron chi connectivity index (χ0n) is 14.7. The van der Waals surface area contributed by atoms with E-state index in [9.17, 15) is 15.0 Å². The third-order valence-corrected chi connectivity index (χ3v) is 5.04. The molecule has 1 heterocycles. The van der Waals surface area contributed by atoms with E-state index in [0.29, 0.717) is 17.9 Å². The fourth-order valence-electron chi connectivity index (χ4n) is 3.54. The van der Waals surface area contributed by atoms with Crippen LogP contribution in [0, 0.1) is 0 Å². The van der Waals surface area contributed by atoms with Gasteiger partial charge in [0.15, 0.2) is 0 Å². The minimum absolute atomic E-state index is 0.181. The van der Waals surface area contributed by atoms with Crippen LogP contribution in [0.5, 0.6) is 0 Å². The number of rotatable bonds is 6. The van der Waals surface area contributed by atoms with Gasteiger partial charge >= 0.3 is 0 Å². The molecule has 0 bridgehead atoms. The average molecular weight is 354 g/mol. The largest absolute Gasteiger partial charge is 0.394 e. The molecule has 26 heavy (non-hydrogen) atoms. The van der Waals surface area contributed by atoms with Gasteiger partial charge in [-0.1, -0.05) is 60.7 Å². The van der Waals surface area contributed by atoms with E-state index >= 15 is 0 Å². The van der Waals surface area contributed by atoms with Crippen molar-refractivity contribution in [1.29, 1.82) is 0 Å². The zero-order valence-corrected chi connectivity index (χ0v) is 14.7. The Balaban J connectivity index is 1.62. The Morgan fingerprint density at radius 3 is 2.42 bits per heavy atom. The van der Waals surface area contributed by atoms with Crippen molar-refractivity contribution in [2.24, 2.45) is 0 Å². The molecule has 1 saturated heterocycles. The first-order valence-electron chi connectivity index (χ1n) is 9.11. The first-order chi connectivity index (χ1) is 12.7. The number of piperidine rings is 1. The van der Waals surface area contributed by atoms with Crippen LogP contribution in [0.1, 0.15) is 36.0 Å². The molecule has 1 fully saturated rings. The first-order valence-corrected chi connectivity index (χ1v) is 9.11. The topological polar surface area (TPSA) is 81.6 Å². The standard InChI is InChI=1S/C21H26N2O3/c24-14-19(20(25)16-9-5-2-6-10-16)23-21(26)18-13-17(11-12-22-18)15-7-3-1-4-8-15/h1-10,17-20,22,24-25H,11-14H2,(H,23,26)/t17-,18-,19-,20-/m0/s1. The van der Waals surface area contributed by atoms with Gasteiger partial charge in [-0.3, -0.25) is 4.79 Å². The Bertz CT molecular complexity index is 693. The molecule has 0 aromatic heterocycles. The molecule has 0 spiro atoms. The molecule has 0 radical (unpaired) electrons. The monoisotopic (exact) mass is 354 g/mol. The van der Waals surface area contributed by atoms with E-state index in [1.807, 2.05) is 36.4 Å². The molecule has 0 aliphatic carbocycles. The second-order valence-electron chi connectivity index (χ2n) is 6.79. The number of nitrogens with one attached hydrogen (secondary N) is 2. The summed E-state index contributed by atoms with van der Waals surface area (Å²) < 4.78 is 0. The number of hydrogen-bond acceptors (Lipinski definition) is 4. The van der Waals surface area contributed by atoms with Crippen molar-refractivity contribution in [1.82, 2.24) is 10.6 Å². The molecule has 1 aliphatic rings. The second kappa shape index (κ2) is 8.94. The fraction of sp³-hybridized carbons (Fsp3) is 0.381. The second-order valence-corrected chi connectivity index (χ2v) is 6.79. The number of aliphatic hydroxyl groups excluding tert-OH is 2. The van der Waals surface area contributed by atoms with Crippen molar-refractivity contribution in [3.05, 3.63) is 71.8 Å². The van der Waals surface area contributed by atoms with Gasteiger partial charge in [-0.15, -0.1) is 0 Å². The van der Waals surface area contributed by atoms with Gasteiger partial charge in [-0.25, -0.2) is 0 Å². The van der Waals surface area contributed by atoms with Crippen molar-refractivity contribution in [3.63, 3.8) is 0 Å². The molecular formula is C21H26N2O3. The van der Waals surface area contributed by atoms with Crippen molar-refractivity contribution in [2.75, 3.05) is 13.2 Å². The lowest BCUT2D eigenvalue weighted by molar-refractivity contribution is -0.126. The minimum atomic E-state index is -0.946. The van der Waals surface area contributed by atoms with Crippen LogP contribution in [0.3, 0.4) is 0 Å². The maximum absolute atomic E-state index is 12.7. The Kier molecular flexibility index (Phi) is 6.39. The maximum Gasteiger partial charge on any atom is 0.237 e. The molecule has 3 rings (SSSR count). The van der Waals surface area contributed by atoms with Gasteiger partial charge in [0, 0.05) is 0 Å². The maximum atomic E-state index is 12.7. The molecule has 1 aliphatic heterocycles. The minimum Gasteiger partial charge on any atom is -0.394 e. The number of aliphatic hydroxyl groups is 2. The van der Waals surface area contributed by atoms with Crippen LogP contribution >= 0.6 is 0 Å². The van der Waals surface area contributed by atoms with Crippen molar-refractivity contribution < 1.29 is 15.0 Å². The molecule has 138 valence electrons. The number of benzene rings is 2. The normalized spacial score (nSPS) is 22.4. The predicted octanol–water partition coefficient (Wildman–Crippen LogP) is 1.73. The molecule has 4 N–H and O–H groups in total. The molecule has 4 atom stereocenters. The quantitative estimate of drug-likeness (QED) is 0.637. The lowest BCUT2D eigenvalue weighted by Gasteiger charge is -2.31. The van der Waals surface area contributed by atoms with Gasteiger partial charge in [0.2, 0.25) is 5.91 Å². The van der Waals surface area contributed by atoms with Crippen LogP contribution in [-0.2, 0) is 4.79 Å². The third kappa shape index (κ3) is 4.49. The van der Waals surface area contributed by atoms with Crippen LogP contribution in [0.2, 0.25) is 0 Å². The molecule has 2 aromatic rings. The van der Waals surface area contributed by atoms with Crippen LogP contribution < -0.4 is 10.6 Å². The van der Waals surface area contributed by atoms with Gasteiger partial charge < -0.3 is 20.8 Å². The molecule has 5 nitrogen and oxygen atoms in total. The number of carbonyl (C=O) groups excluding carboxylic acids is 1. The molecular weight excluding hydrogens is 328 g/mol. The highest BCUT2D eigenvalue weighted by Gasteiger charge is 2.30. The zero-order chi connectivity index (χ0) is 18.4.